The Morgan fingerprint density at radius 2 is 1.52 bits per heavy atom. The van der Waals surface area contributed by atoms with Gasteiger partial charge in [-0.1, -0.05) is 11.6 Å². The monoisotopic (exact) mass is 390 g/mol. The Hall–Kier alpha value is -3.06. The minimum Gasteiger partial charge on any atom is -0.482 e. The first kappa shape index (κ1) is 20.3. The van der Waals surface area contributed by atoms with Gasteiger partial charge in [0.2, 0.25) is 5.91 Å². The zero-order valence-electron chi connectivity index (χ0n) is 14.8. The second-order valence-corrected chi connectivity index (χ2v) is 6.06. The second-order valence-electron chi connectivity index (χ2n) is 5.62. The van der Waals surface area contributed by atoms with Crippen LogP contribution in [0.1, 0.15) is 13.8 Å². The van der Waals surface area contributed by atoms with E-state index >= 15 is 0 Å². The number of nitrogens with one attached hydrogen (secondary N) is 2. The molecule has 8 heteroatoms. The molecule has 0 aromatic heterocycles. The van der Waals surface area contributed by atoms with Gasteiger partial charge in [-0.15, -0.1) is 0 Å². The number of rotatable bonds is 7. The Balaban J connectivity index is 1.79. The molecule has 1 atom stereocenters. The van der Waals surface area contributed by atoms with E-state index in [2.05, 4.69) is 10.6 Å². The molecule has 0 spiro atoms. The highest BCUT2D eigenvalue weighted by Gasteiger charge is 2.18. The largest absolute Gasteiger partial charge is 0.482 e. The zero-order chi connectivity index (χ0) is 19.8. The predicted molar refractivity (Wildman–Crippen MR) is 102 cm³/mol. The Bertz CT molecular complexity index is 806. The van der Waals surface area contributed by atoms with Crippen molar-refractivity contribution in [2.45, 2.75) is 20.0 Å². The molecular formula is C19H19ClN2O5. The fourth-order valence-electron chi connectivity index (χ4n) is 2.04. The maximum absolute atomic E-state index is 12.1. The fourth-order valence-corrected chi connectivity index (χ4v) is 2.17. The molecule has 0 aliphatic heterocycles. The number of amides is 2. The Morgan fingerprint density at radius 1 is 0.963 bits per heavy atom. The van der Waals surface area contributed by atoms with E-state index in [4.69, 9.17) is 21.1 Å². The topological polar surface area (TPSA) is 93.7 Å². The molecule has 0 radical (unpaired) electrons. The summed E-state index contributed by atoms with van der Waals surface area (Å²) in [5, 5.41) is 5.80. The molecule has 7 nitrogen and oxygen atoms in total. The summed E-state index contributed by atoms with van der Waals surface area (Å²) >= 11 is 5.77. The van der Waals surface area contributed by atoms with Gasteiger partial charge in [0.15, 0.2) is 12.7 Å². The lowest BCUT2D eigenvalue weighted by atomic mass is 10.2. The molecule has 0 bridgehead atoms. The lowest BCUT2D eigenvalue weighted by Crippen LogP contribution is -2.31. The van der Waals surface area contributed by atoms with Gasteiger partial charge in [0.05, 0.1) is 0 Å². The van der Waals surface area contributed by atoms with Crippen LogP contribution in [0.25, 0.3) is 0 Å². The number of halogens is 1. The molecule has 0 aliphatic rings. The van der Waals surface area contributed by atoms with E-state index < -0.39 is 18.0 Å². The van der Waals surface area contributed by atoms with Crippen LogP contribution in [0.3, 0.4) is 0 Å². The van der Waals surface area contributed by atoms with Crippen molar-refractivity contribution in [1.82, 2.24) is 0 Å². The van der Waals surface area contributed by atoms with Gasteiger partial charge in [-0.25, -0.2) is 4.79 Å². The number of hydrogen-bond acceptors (Lipinski definition) is 5. The molecule has 0 aliphatic carbocycles. The van der Waals surface area contributed by atoms with E-state index in [9.17, 15) is 14.4 Å². The molecule has 2 N–H and O–H groups in total. The van der Waals surface area contributed by atoms with Crippen molar-refractivity contribution >= 4 is 40.8 Å². The summed E-state index contributed by atoms with van der Waals surface area (Å²) in [6, 6.07) is 13.1. The first-order chi connectivity index (χ1) is 12.8. The van der Waals surface area contributed by atoms with Crippen LogP contribution in [-0.2, 0) is 19.1 Å². The van der Waals surface area contributed by atoms with Gasteiger partial charge in [0.1, 0.15) is 5.75 Å². The van der Waals surface area contributed by atoms with E-state index in [1.54, 1.807) is 48.5 Å². The molecule has 0 unspecified atom stereocenters. The first-order valence-corrected chi connectivity index (χ1v) is 8.47. The number of anilines is 2. The Labute approximate surface area is 161 Å². The maximum atomic E-state index is 12.1. The van der Waals surface area contributed by atoms with Crippen LogP contribution in [0, 0.1) is 0 Å². The van der Waals surface area contributed by atoms with Crippen molar-refractivity contribution in [3.63, 3.8) is 0 Å². The van der Waals surface area contributed by atoms with E-state index in [-0.39, 0.29) is 12.5 Å². The zero-order valence-corrected chi connectivity index (χ0v) is 15.6. The van der Waals surface area contributed by atoms with Crippen molar-refractivity contribution in [3.05, 3.63) is 53.6 Å². The van der Waals surface area contributed by atoms with Gasteiger partial charge in [0.25, 0.3) is 5.91 Å². The smallest absolute Gasteiger partial charge is 0.344 e. The molecule has 2 aromatic carbocycles. The van der Waals surface area contributed by atoms with Crippen LogP contribution >= 0.6 is 11.6 Å². The van der Waals surface area contributed by atoms with Gasteiger partial charge in [0, 0.05) is 23.3 Å². The van der Waals surface area contributed by atoms with Crippen LogP contribution in [0.2, 0.25) is 5.02 Å². The summed E-state index contributed by atoms with van der Waals surface area (Å²) in [6.07, 6.45) is -0.999. The molecular weight excluding hydrogens is 372 g/mol. The fraction of sp³-hybridized carbons (Fsp3) is 0.211. The van der Waals surface area contributed by atoms with E-state index in [1.165, 1.54) is 13.8 Å². The highest BCUT2D eigenvalue weighted by atomic mass is 35.5. The minimum atomic E-state index is -0.999. The third-order valence-electron chi connectivity index (χ3n) is 3.32. The summed E-state index contributed by atoms with van der Waals surface area (Å²) < 4.78 is 10.3. The second kappa shape index (κ2) is 9.59. The summed E-state index contributed by atoms with van der Waals surface area (Å²) in [6.45, 7) is 2.54. The quantitative estimate of drug-likeness (QED) is 0.708. The number of esters is 1. The van der Waals surface area contributed by atoms with Crippen LogP contribution in [0.15, 0.2) is 48.5 Å². The van der Waals surface area contributed by atoms with Crippen LogP contribution in [0.5, 0.6) is 5.75 Å². The molecule has 2 rings (SSSR count). The summed E-state index contributed by atoms with van der Waals surface area (Å²) in [5.74, 6) is -0.878. The maximum Gasteiger partial charge on any atom is 0.344 e. The molecule has 2 aromatic rings. The molecule has 142 valence electrons. The minimum absolute atomic E-state index is 0.187. The van der Waals surface area contributed by atoms with Gasteiger partial charge < -0.3 is 20.1 Å². The van der Waals surface area contributed by atoms with Crippen LogP contribution < -0.4 is 15.4 Å². The van der Waals surface area contributed by atoms with Crippen LogP contribution in [0.4, 0.5) is 11.4 Å². The van der Waals surface area contributed by atoms with E-state index in [1.807, 2.05) is 0 Å². The van der Waals surface area contributed by atoms with Gasteiger partial charge >= 0.3 is 5.97 Å². The SMILES string of the molecule is CC(=O)Nc1ccc(NC(=O)[C@@H](C)OC(=O)COc2ccc(Cl)cc2)cc1. The van der Waals surface area contributed by atoms with Gasteiger partial charge in [-0.05, 0) is 55.5 Å². The number of benzene rings is 2. The standard InChI is InChI=1S/C19H19ClN2O5/c1-12(27-18(24)11-26-17-9-3-14(20)4-10-17)19(25)22-16-7-5-15(6-8-16)21-13(2)23/h3-10,12H,11H2,1-2H3,(H,21,23)(H,22,25)/t12-/m1/s1. The van der Waals surface area contributed by atoms with Crippen molar-refractivity contribution in [2.75, 3.05) is 17.2 Å². The number of carbonyl (C=O) groups is 3. The first-order valence-electron chi connectivity index (χ1n) is 8.10. The molecule has 0 fully saturated rings. The van der Waals surface area contributed by atoms with E-state index in [0.717, 1.165) is 0 Å². The van der Waals surface area contributed by atoms with Gasteiger partial charge in [-0.2, -0.15) is 0 Å². The number of hydrogen-bond donors (Lipinski definition) is 2. The third-order valence-corrected chi connectivity index (χ3v) is 3.57. The molecule has 0 saturated heterocycles. The Morgan fingerprint density at radius 3 is 2.07 bits per heavy atom. The lowest BCUT2D eigenvalue weighted by Gasteiger charge is -2.14. The number of carbonyl (C=O) groups excluding carboxylic acids is 3. The molecule has 2 amide bonds. The normalized spacial score (nSPS) is 11.2. The highest BCUT2D eigenvalue weighted by Crippen LogP contribution is 2.16. The summed E-state index contributed by atoms with van der Waals surface area (Å²) in [7, 11) is 0. The summed E-state index contributed by atoms with van der Waals surface area (Å²) in [4.78, 5) is 34.9. The Kier molecular flexibility index (Phi) is 7.19. The lowest BCUT2D eigenvalue weighted by molar-refractivity contribution is -0.155. The van der Waals surface area contributed by atoms with Crippen molar-refractivity contribution in [3.8, 4) is 5.75 Å². The molecule has 0 saturated carbocycles. The average molecular weight is 391 g/mol. The highest BCUT2D eigenvalue weighted by molar-refractivity contribution is 6.30. The molecule has 27 heavy (non-hydrogen) atoms. The summed E-state index contributed by atoms with van der Waals surface area (Å²) in [5.41, 5.74) is 1.12. The van der Waals surface area contributed by atoms with E-state index in [0.29, 0.717) is 22.1 Å². The molecule has 0 heterocycles. The average Bonchev–Trinajstić information content (AvgIpc) is 2.62. The number of ether oxygens (including phenoxy) is 2. The van der Waals surface area contributed by atoms with Gasteiger partial charge in [-0.3, -0.25) is 9.59 Å². The van der Waals surface area contributed by atoms with Crippen molar-refractivity contribution in [2.24, 2.45) is 0 Å². The van der Waals surface area contributed by atoms with Crippen LogP contribution in [-0.4, -0.2) is 30.5 Å². The van der Waals surface area contributed by atoms with Crippen molar-refractivity contribution < 1.29 is 23.9 Å². The van der Waals surface area contributed by atoms with Crippen molar-refractivity contribution in [1.29, 1.82) is 0 Å². The predicted octanol–water partition coefficient (Wildman–Crippen LogP) is 3.25. The third kappa shape index (κ3) is 6.99.